The zero-order valence-electron chi connectivity index (χ0n) is 10.8. The molecular formula is C16H16O3. The number of ether oxygens (including phenoxy) is 2. The molecule has 0 saturated heterocycles. The number of benzene rings is 2. The summed E-state index contributed by atoms with van der Waals surface area (Å²) in [5.74, 6) is 0.152. The van der Waals surface area contributed by atoms with E-state index >= 15 is 0 Å². The summed E-state index contributed by atoms with van der Waals surface area (Å²) in [5, 5.41) is 0. The second-order valence-corrected chi connectivity index (χ2v) is 4.27. The van der Waals surface area contributed by atoms with Crippen LogP contribution in [-0.4, -0.2) is 12.6 Å². The molecule has 98 valence electrons. The first-order chi connectivity index (χ1) is 9.24. The third-order valence-electron chi connectivity index (χ3n) is 2.58. The Labute approximate surface area is 112 Å². The van der Waals surface area contributed by atoms with Gasteiger partial charge >= 0.3 is 5.97 Å². The van der Waals surface area contributed by atoms with Crippen LogP contribution in [0.2, 0.25) is 0 Å². The summed E-state index contributed by atoms with van der Waals surface area (Å²) in [4.78, 5) is 11.5. The molecule has 0 aromatic heterocycles. The van der Waals surface area contributed by atoms with E-state index in [9.17, 15) is 4.79 Å². The fraction of sp³-hybridized carbons (Fsp3) is 0.188. The average molecular weight is 256 g/mol. The fourth-order valence-corrected chi connectivity index (χ4v) is 1.59. The molecule has 3 heteroatoms. The van der Waals surface area contributed by atoms with Crippen LogP contribution >= 0.6 is 0 Å². The highest BCUT2D eigenvalue weighted by Crippen LogP contribution is 2.11. The van der Waals surface area contributed by atoms with Gasteiger partial charge in [0.1, 0.15) is 12.4 Å². The quantitative estimate of drug-likeness (QED) is 0.609. The number of esters is 1. The van der Waals surface area contributed by atoms with Crippen LogP contribution in [0.5, 0.6) is 5.75 Å². The standard InChI is InChI=1S/C16H16O3/c1-13-7-9-15(10-8-13)19-16(17)12-18-11-14-5-3-2-4-6-14/h2-10H,11-12H2,1H3. The zero-order chi connectivity index (χ0) is 13.5. The van der Waals surface area contributed by atoms with Crippen LogP contribution in [0, 0.1) is 6.92 Å². The van der Waals surface area contributed by atoms with Gasteiger partial charge in [-0.15, -0.1) is 0 Å². The van der Waals surface area contributed by atoms with Crippen molar-refractivity contribution in [3.05, 3.63) is 65.7 Å². The molecule has 0 aliphatic rings. The van der Waals surface area contributed by atoms with Crippen molar-refractivity contribution < 1.29 is 14.3 Å². The minimum Gasteiger partial charge on any atom is -0.425 e. The number of carbonyl (C=O) groups is 1. The van der Waals surface area contributed by atoms with Crippen LogP contribution in [-0.2, 0) is 16.1 Å². The molecule has 0 heterocycles. The number of hydrogen-bond acceptors (Lipinski definition) is 3. The van der Waals surface area contributed by atoms with E-state index in [1.165, 1.54) is 0 Å². The molecule has 2 rings (SSSR count). The van der Waals surface area contributed by atoms with E-state index in [0.717, 1.165) is 11.1 Å². The molecule has 2 aromatic rings. The maximum Gasteiger partial charge on any atom is 0.337 e. The Morgan fingerprint density at radius 1 is 1.00 bits per heavy atom. The highest BCUT2D eigenvalue weighted by molar-refractivity contribution is 5.73. The molecule has 19 heavy (non-hydrogen) atoms. The summed E-state index contributed by atoms with van der Waals surface area (Å²) >= 11 is 0. The molecule has 0 saturated carbocycles. The molecule has 3 nitrogen and oxygen atoms in total. The summed E-state index contributed by atoms with van der Waals surface area (Å²) in [7, 11) is 0. The SMILES string of the molecule is Cc1ccc(OC(=O)COCc2ccccc2)cc1. The third kappa shape index (κ3) is 4.56. The van der Waals surface area contributed by atoms with E-state index in [-0.39, 0.29) is 12.6 Å². The van der Waals surface area contributed by atoms with E-state index in [0.29, 0.717) is 12.4 Å². The largest absolute Gasteiger partial charge is 0.425 e. The van der Waals surface area contributed by atoms with Gasteiger partial charge in [0.25, 0.3) is 0 Å². The molecule has 0 spiro atoms. The van der Waals surface area contributed by atoms with E-state index in [2.05, 4.69) is 0 Å². The van der Waals surface area contributed by atoms with Crippen molar-refractivity contribution in [3.8, 4) is 5.75 Å². The Morgan fingerprint density at radius 2 is 1.68 bits per heavy atom. The normalized spacial score (nSPS) is 10.2. The first-order valence-electron chi connectivity index (χ1n) is 6.13. The second kappa shape index (κ2) is 6.71. The van der Waals surface area contributed by atoms with Gasteiger partial charge in [0.15, 0.2) is 0 Å². The van der Waals surface area contributed by atoms with Crippen molar-refractivity contribution in [2.45, 2.75) is 13.5 Å². The molecule has 0 aliphatic carbocycles. The molecule has 0 N–H and O–H groups in total. The summed E-state index contributed by atoms with van der Waals surface area (Å²) in [6, 6.07) is 17.0. The van der Waals surface area contributed by atoms with Crippen LogP contribution < -0.4 is 4.74 Å². The zero-order valence-corrected chi connectivity index (χ0v) is 10.8. The van der Waals surface area contributed by atoms with E-state index in [1.54, 1.807) is 12.1 Å². The first-order valence-corrected chi connectivity index (χ1v) is 6.13. The van der Waals surface area contributed by atoms with Crippen LogP contribution in [0.1, 0.15) is 11.1 Å². The van der Waals surface area contributed by atoms with Crippen molar-refractivity contribution in [1.82, 2.24) is 0 Å². The Bertz CT molecular complexity index is 517. The summed E-state index contributed by atoms with van der Waals surface area (Å²) in [6.45, 7) is 2.33. The van der Waals surface area contributed by atoms with Crippen molar-refractivity contribution >= 4 is 5.97 Å². The fourth-order valence-electron chi connectivity index (χ4n) is 1.59. The van der Waals surface area contributed by atoms with Gasteiger partial charge in [-0.1, -0.05) is 48.0 Å². The maximum atomic E-state index is 11.5. The molecule has 0 aliphatic heterocycles. The van der Waals surface area contributed by atoms with Gasteiger partial charge in [-0.2, -0.15) is 0 Å². The molecule has 0 unspecified atom stereocenters. The van der Waals surface area contributed by atoms with Crippen molar-refractivity contribution in [2.24, 2.45) is 0 Å². The van der Waals surface area contributed by atoms with E-state index in [4.69, 9.17) is 9.47 Å². The van der Waals surface area contributed by atoms with Gasteiger partial charge in [-0.05, 0) is 24.6 Å². The summed E-state index contributed by atoms with van der Waals surface area (Å²) in [6.07, 6.45) is 0. The minimum atomic E-state index is -0.389. The summed E-state index contributed by atoms with van der Waals surface area (Å²) in [5.41, 5.74) is 2.16. The lowest BCUT2D eigenvalue weighted by molar-refractivity contribution is -0.139. The number of hydrogen-bond donors (Lipinski definition) is 0. The van der Waals surface area contributed by atoms with Gasteiger partial charge in [0.2, 0.25) is 0 Å². The van der Waals surface area contributed by atoms with Crippen LogP contribution in [0.25, 0.3) is 0 Å². The Kier molecular flexibility index (Phi) is 4.70. The predicted molar refractivity (Wildman–Crippen MR) is 72.9 cm³/mol. The second-order valence-electron chi connectivity index (χ2n) is 4.27. The van der Waals surface area contributed by atoms with Crippen LogP contribution in [0.15, 0.2) is 54.6 Å². The first kappa shape index (κ1) is 13.3. The number of aryl methyl sites for hydroxylation is 1. The smallest absolute Gasteiger partial charge is 0.337 e. The number of rotatable bonds is 5. The van der Waals surface area contributed by atoms with Gasteiger partial charge in [0, 0.05) is 0 Å². The average Bonchev–Trinajstić information content (AvgIpc) is 2.43. The molecule has 0 radical (unpaired) electrons. The van der Waals surface area contributed by atoms with Crippen LogP contribution in [0.4, 0.5) is 0 Å². The van der Waals surface area contributed by atoms with E-state index in [1.807, 2.05) is 49.4 Å². The lowest BCUT2D eigenvalue weighted by Crippen LogP contribution is -2.15. The van der Waals surface area contributed by atoms with Crippen molar-refractivity contribution in [1.29, 1.82) is 0 Å². The lowest BCUT2D eigenvalue weighted by atomic mass is 10.2. The predicted octanol–water partition coefficient (Wildman–Crippen LogP) is 3.12. The van der Waals surface area contributed by atoms with Crippen molar-refractivity contribution in [2.75, 3.05) is 6.61 Å². The molecule has 0 atom stereocenters. The highest BCUT2D eigenvalue weighted by atomic mass is 16.6. The Balaban J connectivity index is 1.74. The molecular weight excluding hydrogens is 240 g/mol. The van der Waals surface area contributed by atoms with Gasteiger partial charge < -0.3 is 9.47 Å². The molecule has 2 aromatic carbocycles. The lowest BCUT2D eigenvalue weighted by Gasteiger charge is -2.06. The highest BCUT2D eigenvalue weighted by Gasteiger charge is 2.04. The maximum absolute atomic E-state index is 11.5. The van der Waals surface area contributed by atoms with Crippen LogP contribution in [0.3, 0.4) is 0 Å². The topological polar surface area (TPSA) is 35.5 Å². The van der Waals surface area contributed by atoms with E-state index < -0.39 is 0 Å². The van der Waals surface area contributed by atoms with Gasteiger partial charge in [0.05, 0.1) is 6.61 Å². The molecule has 0 bridgehead atoms. The Morgan fingerprint density at radius 3 is 2.37 bits per heavy atom. The monoisotopic (exact) mass is 256 g/mol. The third-order valence-corrected chi connectivity index (χ3v) is 2.58. The molecule has 0 amide bonds. The van der Waals surface area contributed by atoms with Crippen molar-refractivity contribution in [3.63, 3.8) is 0 Å². The molecule has 0 fully saturated rings. The van der Waals surface area contributed by atoms with Gasteiger partial charge in [-0.3, -0.25) is 0 Å². The summed E-state index contributed by atoms with van der Waals surface area (Å²) < 4.78 is 10.4. The Hall–Kier alpha value is -2.13. The minimum absolute atomic E-state index is 0.0528. The number of carbonyl (C=O) groups excluding carboxylic acids is 1. The van der Waals surface area contributed by atoms with Gasteiger partial charge in [-0.25, -0.2) is 4.79 Å².